The molecule has 57 heavy (non-hydrogen) atoms. The van der Waals surface area contributed by atoms with Gasteiger partial charge in [0, 0.05) is 38.1 Å². The molecule has 0 saturated heterocycles. The second kappa shape index (κ2) is 15.9. The lowest BCUT2D eigenvalue weighted by Crippen LogP contribution is -2.30. The Morgan fingerprint density at radius 1 is 0.982 bits per heavy atom. The molecule has 16 heteroatoms. The van der Waals surface area contributed by atoms with Gasteiger partial charge in [0.05, 0.1) is 60.2 Å². The monoisotopic (exact) mass is 799 g/mol. The molecule has 0 saturated carbocycles. The van der Waals surface area contributed by atoms with Crippen LogP contribution in [0.3, 0.4) is 0 Å². The molecule has 0 unspecified atom stereocenters. The third-order valence-electron chi connectivity index (χ3n) is 9.58. The van der Waals surface area contributed by atoms with Crippen LogP contribution in [0.25, 0.3) is 11.3 Å². The molecule has 5 aromatic rings. The van der Waals surface area contributed by atoms with Gasteiger partial charge in [0.15, 0.2) is 0 Å². The van der Waals surface area contributed by atoms with Crippen LogP contribution < -0.4 is 29.3 Å². The van der Waals surface area contributed by atoms with Gasteiger partial charge >= 0.3 is 12.3 Å². The number of benzene rings is 3. The molecule has 0 spiro atoms. The van der Waals surface area contributed by atoms with Crippen LogP contribution in [0.15, 0.2) is 96.6 Å². The van der Waals surface area contributed by atoms with Crippen LogP contribution in [-0.4, -0.2) is 59.8 Å². The largest absolute Gasteiger partial charge is 0.497 e. The summed E-state index contributed by atoms with van der Waals surface area (Å²) in [6.45, 7) is 2.31. The van der Waals surface area contributed by atoms with Crippen molar-refractivity contribution < 1.29 is 37.3 Å². The molecule has 0 atom stereocenters. The molecule has 0 radical (unpaired) electrons. The van der Waals surface area contributed by atoms with Crippen LogP contribution in [0.5, 0.6) is 17.2 Å². The molecule has 1 amide bonds. The molecule has 2 aromatic heterocycles. The molecule has 2 aliphatic rings. The van der Waals surface area contributed by atoms with Crippen molar-refractivity contribution in [2.45, 2.75) is 32.7 Å². The average Bonchev–Trinajstić information content (AvgIpc) is 3.37. The SMILES string of the molecule is COc1ccc(CN(Cc2ccc(OC)cc2)c2cc(C)c(C(F)(F)F)c(-c3cc4c5c(c3Cl)NCN=C5N(Cc3cncc(N(C)C(=O)O)c3)C=CO4)n2)cc1. The minimum atomic E-state index is -4.79. The summed E-state index contributed by atoms with van der Waals surface area (Å²) in [7, 11) is 4.56. The number of carbonyl (C=O) groups is 1. The number of anilines is 3. The van der Waals surface area contributed by atoms with Crippen LogP contribution in [0, 0.1) is 6.92 Å². The zero-order valence-corrected chi connectivity index (χ0v) is 32.0. The predicted octanol–water partition coefficient (Wildman–Crippen LogP) is 8.96. The first-order chi connectivity index (χ1) is 27.3. The molecule has 4 heterocycles. The first kappa shape index (κ1) is 38.8. The maximum atomic E-state index is 15.1. The first-order valence-electron chi connectivity index (χ1n) is 17.6. The third kappa shape index (κ3) is 8.10. The van der Waals surface area contributed by atoms with E-state index in [1.165, 1.54) is 38.6 Å². The maximum Gasteiger partial charge on any atom is 0.418 e. The Morgan fingerprint density at radius 3 is 2.23 bits per heavy atom. The van der Waals surface area contributed by atoms with Gasteiger partial charge in [0.25, 0.3) is 0 Å². The molecule has 0 bridgehead atoms. The van der Waals surface area contributed by atoms with Crippen molar-refractivity contribution >= 4 is 40.7 Å². The second-order valence-corrected chi connectivity index (χ2v) is 13.7. The molecule has 7 rings (SSSR count). The standard InChI is InChI=1S/C41H37ClF3N7O5/c1-24-15-33(52(20-25-5-9-29(55-3)10-6-25)21-26-7-11-30(56-4)12-8-26)49-37(35(24)41(43,44)45)31-17-32-34-38(36(31)42)47-23-48-39(34)51(13-14-57-32)22-27-16-28(19-46-18-27)50(2)40(53)54/h5-19,47H,20-23H2,1-4H3,(H,53,54). The minimum Gasteiger partial charge on any atom is -0.497 e. The highest BCUT2D eigenvalue weighted by Gasteiger charge is 2.39. The van der Waals surface area contributed by atoms with Gasteiger partial charge in [-0.25, -0.2) is 14.8 Å². The quantitative estimate of drug-likeness (QED) is 0.134. The maximum absolute atomic E-state index is 15.1. The Kier molecular flexibility index (Phi) is 10.8. The van der Waals surface area contributed by atoms with E-state index < -0.39 is 17.8 Å². The number of rotatable bonds is 11. The Bertz CT molecular complexity index is 2320. The van der Waals surface area contributed by atoms with E-state index in [2.05, 4.69) is 15.3 Å². The minimum absolute atomic E-state index is 0.00440. The number of nitrogens with zero attached hydrogens (tertiary/aromatic N) is 6. The fourth-order valence-corrected chi connectivity index (χ4v) is 7.02. The third-order valence-corrected chi connectivity index (χ3v) is 9.97. The summed E-state index contributed by atoms with van der Waals surface area (Å²) in [4.78, 5) is 29.9. The normalized spacial score (nSPS) is 13.1. The van der Waals surface area contributed by atoms with E-state index >= 15 is 13.2 Å². The van der Waals surface area contributed by atoms with Crippen LogP contribution in [-0.2, 0) is 25.8 Å². The van der Waals surface area contributed by atoms with E-state index in [9.17, 15) is 9.90 Å². The number of pyridine rings is 2. The number of hydrogen-bond acceptors (Lipinski definition) is 10. The van der Waals surface area contributed by atoms with E-state index in [0.29, 0.717) is 58.7 Å². The number of carboxylic acid groups (broad SMARTS) is 1. The highest BCUT2D eigenvalue weighted by Crippen LogP contribution is 2.48. The summed E-state index contributed by atoms with van der Waals surface area (Å²) in [6.07, 6.45) is 0.145. The highest BCUT2D eigenvalue weighted by atomic mass is 35.5. The Balaban J connectivity index is 1.32. The van der Waals surface area contributed by atoms with E-state index in [-0.39, 0.29) is 40.8 Å². The first-order valence-corrected chi connectivity index (χ1v) is 18.0. The van der Waals surface area contributed by atoms with Gasteiger partial charge in [-0.3, -0.25) is 9.88 Å². The lowest BCUT2D eigenvalue weighted by Gasteiger charge is -2.29. The van der Waals surface area contributed by atoms with E-state index in [1.807, 2.05) is 53.4 Å². The predicted molar refractivity (Wildman–Crippen MR) is 211 cm³/mol. The number of aryl methyl sites for hydroxylation is 1. The Morgan fingerprint density at radius 2 is 1.63 bits per heavy atom. The van der Waals surface area contributed by atoms with Crippen molar-refractivity contribution in [2.75, 3.05) is 43.1 Å². The summed E-state index contributed by atoms with van der Waals surface area (Å²) >= 11 is 7.12. The average molecular weight is 800 g/mol. The van der Waals surface area contributed by atoms with Gasteiger partial charge in [0.1, 0.15) is 41.8 Å². The van der Waals surface area contributed by atoms with Gasteiger partial charge in [-0.2, -0.15) is 13.2 Å². The summed E-state index contributed by atoms with van der Waals surface area (Å²) in [6, 6.07) is 19.5. The van der Waals surface area contributed by atoms with Crippen LogP contribution in [0.2, 0.25) is 5.02 Å². The molecule has 3 aromatic carbocycles. The smallest absolute Gasteiger partial charge is 0.418 e. The van der Waals surface area contributed by atoms with Crippen molar-refractivity contribution in [3.63, 3.8) is 0 Å². The molecule has 12 nitrogen and oxygen atoms in total. The zero-order valence-electron chi connectivity index (χ0n) is 31.3. The molecular weight excluding hydrogens is 763 g/mol. The Labute approximate surface area is 331 Å². The number of nitrogens with one attached hydrogen (secondary N) is 1. The van der Waals surface area contributed by atoms with Gasteiger partial charge in [-0.15, -0.1) is 0 Å². The van der Waals surface area contributed by atoms with Gasteiger partial charge in [-0.05, 0) is 71.6 Å². The fraction of sp³-hybridized carbons (Fsp3) is 0.220. The number of aliphatic imine (C=N–C) groups is 1. The summed E-state index contributed by atoms with van der Waals surface area (Å²) in [5.74, 6) is 2.29. The van der Waals surface area contributed by atoms with E-state index in [1.54, 1.807) is 37.6 Å². The van der Waals surface area contributed by atoms with E-state index in [0.717, 1.165) is 16.0 Å². The lowest BCUT2D eigenvalue weighted by molar-refractivity contribution is -0.137. The topological polar surface area (TPSA) is 125 Å². The molecular formula is C41H37ClF3N7O5. The number of amides is 1. The van der Waals surface area contributed by atoms with E-state index in [4.69, 9.17) is 30.8 Å². The van der Waals surface area contributed by atoms with Crippen LogP contribution in [0.4, 0.5) is 35.2 Å². The molecule has 0 aliphatic carbocycles. The van der Waals surface area contributed by atoms with Crippen LogP contribution in [0.1, 0.15) is 33.4 Å². The van der Waals surface area contributed by atoms with Gasteiger partial charge in [0.2, 0.25) is 0 Å². The number of halogens is 4. The second-order valence-electron chi connectivity index (χ2n) is 13.3. The Hall–Kier alpha value is -6.48. The molecule has 294 valence electrons. The summed E-state index contributed by atoms with van der Waals surface area (Å²) < 4.78 is 62.0. The van der Waals surface area contributed by atoms with Crippen LogP contribution >= 0.6 is 11.6 Å². The summed E-state index contributed by atoms with van der Waals surface area (Å²) in [5.41, 5.74) is 2.26. The van der Waals surface area contributed by atoms with Gasteiger partial charge < -0.3 is 34.4 Å². The van der Waals surface area contributed by atoms with Crippen molar-refractivity contribution in [2.24, 2.45) is 4.99 Å². The van der Waals surface area contributed by atoms with Crippen molar-refractivity contribution in [1.29, 1.82) is 0 Å². The molecule has 2 N–H and O–H groups in total. The van der Waals surface area contributed by atoms with Crippen molar-refractivity contribution in [3.8, 4) is 28.5 Å². The highest BCUT2D eigenvalue weighted by molar-refractivity contribution is 6.37. The lowest BCUT2D eigenvalue weighted by atomic mass is 9.97. The molecule has 2 aliphatic heterocycles. The number of aromatic nitrogens is 2. The number of amidine groups is 1. The van der Waals surface area contributed by atoms with Crippen molar-refractivity contribution in [3.05, 3.63) is 130 Å². The van der Waals surface area contributed by atoms with Gasteiger partial charge in [-0.1, -0.05) is 35.9 Å². The fourth-order valence-electron chi connectivity index (χ4n) is 6.71. The zero-order chi connectivity index (χ0) is 40.4. The number of hydrogen-bond donors (Lipinski definition) is 2. The van der Waals surface area contributed by atoms with Crippen molar-refractivity contribution in [1.82, 2.24) is 14.9 Å². The summed E-state index contributed by atoms with van der Waals surface area (Å²) in [5, 5.41) is 12.6. The number of ether oxygens (including phenoxy) is 3. The number of alkyl halides is 3. The molecule has 0 fully saturated rings. The number of methoxy groups -OCH3 is 2.